The third-order valence-electron chi connectivity index (χ3n) is 4.26. The highest BCUT2D eigenvalue weighted by Gasteiger charge is 2.33. The van der Waals surface area contributed by atoms with Crippen molar-refractivity contribution in [2.24, 2.45) is 0 Å². The molecule has 1 atom stereocenters. The van der Waals surface area contributed by atoms with E-state index < -0.39 is 25.3 Å². The van der Waals surface area contributed by atoms with Crippen molar-refractivity contribution in [3.63, 3.8) is 0 Å². The van der Waals surface area contributed by atoms with Gasteiger partial charge in [-0.15, -0.1) is 0 Å². The first-order chi connectivity index (χ1) is 12.6. The van der Waals surface area contributed by atoms with Crippen molar-refractivity contribution in [2.45, 2.75) is 42.1 Å². The van der Waals surface area contributed by atoms with Crippen LogP contribution in [-0.4, -0.2) is 32.7 Å². The van der Waals surface area contributed by atoms with Gasteiger partial charge in [0.2, 0.25) is 9.84 Å². The van der Waals surface area contributed by atoms with E-state index in [-0.39, 0.29) is 28.8 Å². The maximum Gasteiger partial charge on any atom is 0.292 e. The molecule has 1 aliphatic rings. The van der Waals surface area contributed by atoms with Gasteiger partial charge >= 0.3 is 0 Å². The molecule has 27 heavy (non-hydrogen) atoms. The predicted molar refractivity (Wildman–Crippen MR) is 98.9 cm³/mol. The van der Waals surface area contributed by atoms with Gasteiger partial charge in [-0.05, 0) is 29.2 Å². The second-order valence-electron chi connectivity index (χ2n) is 7.41. The Morgan fingerprint density at radius 2 is 1.89 bits per heavy atom. The van der Waals surface area contributed by atoms with Crippen LogP contribution in [0, 0.1) is 10.1 Å². The van der Waals surface area contributed by atoms with E-state index in [0.29, 0.717) is 6.61 Å². The van der Waals surface area contributed by atoms with E-state index in [4.69, 9.17) is 9.47 Å². The first kappa shape index (κ1) is 19.3. The molecule has 3 rings (SSSR count). The Bertz CT molecular complexity index is 974. The summed E-state index contributed by atoms with van der Waals surface area (Å²) in [5, 5.41) is 11.5. The van der Waals surface area contributed by atoms with Crippen LogP contribution in [0.1, 0.15) is 26.3 Å². The summed E-state index contributed by atoms with van der Waals surface area (Å²) in [5.41, 5.74) is 0.0398. The van der Waals surface area contributed by atoms with Gasteiger partial charge in [0.15, 0.2) is 4.90 Å². The molecule has 0 aromatic heterocycles. The third kappa shape index (κ3) is 4.12. The van der Waals surface area contributed by atoms with Gasteiger partial charge in [-0.1, -0.05) is 39.0 Å². The fourth-order valence-corrected chi connectivity index (χ4v) is 4.21. The van der Waals surface area contributed by atoms with Gasteiger partial charge in [-0.25, -0.2) is 8.42 Å². The minimum Gasteiger partial charge on any atom is -0.489 e. The molecule has 0 spiro atoms. The molecule has 2 aromatic rings. The zero-order valence-electron chi connectivity index (χ0n) is 15.3. The molecule has 0 amide bonds. The number of nitro groups is 1. The van der Waals surface area contributed by atoms with E-state index >= 15 is 0 Å². The van der Waals surface area contributed by atoms with E-state index in [1.807, 2.05) is 26.8 Å². The van der Waals surface area contributed by atoms with Crippen LogP contribution in [0.5, 0.6) is 5.75 Å². The molecule has 0 N–H and O–H groups in total. The molecule has 0 saturated carbocycles. The summed E-state index contributed by atoms with van der Waals surface area (Å²) < 4.78 is 37.2. The van der Waals surface area contributed by atoms with Crippen molar-refractivity contribution in [3.05, 3.63) is 58.1 Å². The standard InChI is InChI=1S/C19H21NO6S/c1-19(2,3)13-6-4-7-15(10-13)27(23,24)18-16(20(21)22)8-5-9-17(18)26-12-14-11-25-14/h4-10,14H,11-12H2,1-3H3. The van der Waals surface area contributed by atoms with Crippen LogP contribution >= 0.6 is 0 Å². The largest absolute Gasteiger partial charge is 0.489 e. The van der Waals surface area contributed by atoms with Gasteiger partial charge in [0.05, 0.1) is 16.4 Å². The number of rotatable bonds is 6. The Morgan fingerprint density at radius 1 is 1.22 bits per heavy atom. The van der Waals surface area contributed by atoms with Crippen LogP contribution in [0.2, 0.25) is 0 Å². The molecule has 7 nitrogen and oxygen atoms in total. The number of nitrogens with zero attached hydrogens (tertiary/aromatic N) is 1. The van der Waals surface area contributed by atoms with Gasteiger partial charge in [0.25, 0.3) is 5.69 Å². The average Bonchev–Trinajstić information content (AvgIpc) is 3.43. The second kappa shape index (κ2) is 6.94. The number of nitro benzene ring substituents is 1. The van der Waals surface area contributed by atoms with Gasteiger partial charge in [-0.3, -0.25) is 10.1 Å². The second-order valence-corrected chi connectivity index (χ2v) is 9.30. The highest BCUT2D eigenvalue weighted by atomic mass is 32.2. The van der Waals surface area contributed by atoms with Crippen molar-refractivity contribution in [2.75, 3.05) is 13.2 Å². The fraction of sp³-hybridized carbons (Fsp3) is 0.368. The molecule has 0 aliphatic carbocycles. The fourth-order valence-electron chi connectivity index (χ4n) is 2.63. The monoisotopic (exact) mass is 391 g/mol. The van der Waals surface area contributed by atoms with Crippen molar-refractivity contribution in [1.29, 1.82) is 0 Å². The third-order valence-corrected chi connectivity index (χ3v) is 6.08. The smallest absolute Gasteiger partial charge is 0.292 e. The maximum atomic E-state index is 13.3. The predicted octanol–water partition coefficient (Wildman–Crippen LogP) is 3.50. The summed E-state index contributed by atoms with van der Waals surface area (Å²) in [6.07, 6.45) is -0.107. The minimum absolute atomic E-state index is 0.00301. The highest BCUT2D eigenvalue weighted by Crippen LogP contribution is 2.38. The summed E-state index contributed by atoms with van der Waals surface area (Å²) in [7, 11) is -4.16. The highest BCUT2D eigenvalue weighted by molar-refractivity contribution is 7.91. The van der Waals surface area contributed by atoms with E-state index in [1.54, 1.807) is 12.1 Å². The maximum absolute atomic E-state index is 13.3. The Kier molecular flexibility index (Phi) is 4.96. The quantitative estimate of drug-likeness (QED) is 0.424. The number of hydrogen-bond donors (Lipinski definition) is 0. The zero-order chi connectivity index (χ0) is 19.8. The van der Waals surface area contributed by atoms with Gasteiger partial charge in [-0.2, -0.15) is 0 Å². The van der Waals surface area contributed by atoms with Crippen molar-refractivity contribution in [1.82, 2.24) is 0 Å². The first-order valence-corrected chi connectivity index (χ1v) is 9.96. The molecule has 8 heteroatoms. The van der Waals surface area contributed by atoms with E-state index in [9.17, 15) is 18.5 Å². The Hall–Kier alpha value is -2.45. The molecule has 1 aliphatic heterocycles. The number of benzene rings is 2. The Labute approximate surface area is 158 Å². The molecule has 1 heterocycles. The molecule has 0 bridgehead atoms. The topological polar surface area (TPSA) is 99.0 Å². The van der Waals surface area contributed by atoms with Crippen LogP contribution < -0.4 is 4.74 Å². The molecule has 1 saturated heterocycles. The van der Waals surface area contributed by atoms with Gasteiger partial charge < -0.3 is 9.47 Å². The zero-order valence-corrected chi connectivity index (χ0v) is 16.2. The normalized spacial score (nSPS) is 16.8. The van der Waals surface area contributed by atoms with Crippen LogP contribution in [0.4, 0.5) is 5.69 Å². The van der Waals surface area contributed by atoms with Crippen LogP contribution in [0.15, 0.2) is 52.3 Å². The lowest BCUT2D eigenvalue weighted by atomic mass is 9.87. The van der Waals surface area contributed by atoms with Crippen LogP contribution in [-0.2, 0) is 20.0 Å². The lowest BCUT2D eigenvalue weighted by molar-refractivity contribution is -0.388. The summed E-state index contributed by atoms with van der Waals surface area (Å²) >= 11 is 0. The number of sulfone groups is 1. The SMILES string of the molecule is CC(C)(C)c1cccc(S(=O)(=O)c2c(OCC3CO3)cccc2[N+](=O)[O-])c1. The lowest BCUT2D eigenvalue weighted by Gasteiger charge is -2.20. The van der Waals surface area contributed by atoms with Crippen LogP contribution in [0.3, 0.4) is 0 Å². The number of ether oxygens (including phenoxy) is 2. The van der Waals surface area contributed by atoms with Crippen LogP contribution in [0.25, 0.3) is 0 Å². The Balaban J connectivity index is 2.14. The summed E-state index contributed by atoms with van der Waals surface area (Å²) in [4.78, 5) is 10.4. The molecular formula is C19H21NO6S. The molecule has 144 valence electrons. The van der Waals surface area contributed by atoms with E-state index in [1.165, 1.54) is 24.3 Å². The van der Waals surface area contributed by atoms with Gasteiger partial charge in [0, 0.05) is 6.07 Å². The number of hydrogen-bond acceptors (Lipinski definition) is 6. The average molecular weight is 391 g/mol. The minimum atomic E-state index is -4.16. The Morgan fingerprint density at radius 3 is 2.48 bits per heavy atom. The summed E-state index contributed by atoms with van der Waals surface area (Å²) in [6, 6.07) is 10.5. The molecule has 2 aromatic carbocycles. The number of epoxide rings is 1. The first-order valence-electron chi connectivity index (χ1n) is 8.48. The van der Waals surface area contributed by atoms with Crippen molar-refractivity contribution >= 4 is 15.5 Å². The van der Waals surface area contributed by atoms with Gasteiger partial charge in [0.1, 0.15) is 18.5 Å². The molecule has 0 radical (unpaired) electrons. The molecule has 1 fully saturated rings. The van der Waals surface area contributed by atoms with E-state index in [0.717, 1.165) is 5.56 Å². The summed E-state index contributed by atoms with van der Waals surface area (Å²) in [6.45, 7) is 6.58. The van der Waals surface area contributed by atoms with Crippen molar-refractivity contribution in [3.8, 4) is 5.75 Å². The van der Waals surface area contributed by atoms with Crippen molar-refractivity contribution < 1.29 is 22.8 Å². The van der Waals surface area contributed by atoms with E-state index in [2.05, 4.69) is 0 Å². The lowest BCUT2D eigenvalue weighted by Crippen LogP contribution is -2.14. The molecule has 1 unspecified atom stereocenters. The molecular weight excluding hydrogens is 370 g/mol. The summed E-state index contributed by atoms with van der Waals surface area (Å²) in [5.74, 6) is -0.0409.